The number of hydrogen-bond donors (Lipinski definition) is 3. The van der Waals surface area contributed by atoms with Crippen LogP contribution in [-0.2, 0) is 19.6 Å². The number of benzene rings is 1. The number of allylic oxidation sites excluding steroid dienone is 1. The minimum absolute atomic E-state index is 0.0796. The van der Waals surface area contributed by atoms with Crippen molar-refractivity contribution in [1.82, 2.24) is 15.3 Å². The number of sulfonamides is 1. The van der Waals surface area contributed by atoms with Crippen molar-refractivity contribution >= 4 is 27.9 Å². The molecule has 1 aromatic rings. The summed E-state index contributed by atoms with van der Waals surface area (Å²) in [5, 5.41) is 9.31. The molecule has 1 saturated carbocycles. The standard InChI is InChI=1S/C23H35N3O5S/c1-17(2)16-21(22(27)24-26(32(3,30)31)19-13-7-8-14-19)20(23(28)25-29)15-9-12-18-10-5-4-6-11-18/h4-6,9-12,17,19-21,29H,7-8,13-16H2,1-3H3,(H,24,27)(H,25,28)/t20-,21+/m0/s1. The summed E-state index contributed by atoms with van der Waals surface area (Å²) in [4.78, 5) is 25.8. The smallest absolute Gasteiger partial charge is 0.247 e. The van der Waals surface area contributed by atoms with Crippen LogP contribution in [0.1, 0.15) is 57.9 Å². The van der Waals surface area contributed by atoms with Crippen molar-refractivity contribution in [3.05, 3.63) is 42.0 Å². The molecule has 32 heavy (non-hydrogen) atoms. The van der Waals surface area contributed by atoms with Gasteiger partial charge in [0.25, 0.3) is 0 Å². The van der Waals surface area contributed by atoms with E-state index in [1.807, 2.05) is 50.3 Å². The molecule has 0 bridgehead atoms. The van der Waals surface area contributed by atoms with Crippen molar-refractivity contribution in [1.29, 1.82) is 0 Å². The highest BCUT2D eigenvalue weighted by atomic mass is 32.2. The minimum atomic E-state index is -3.67. The molecule has 3 N–H and O–H groups in total. The predicted octanol–water partition coefficient (Wildman–Crippen LogP) is 3.11. The highest BCUT2D eigenvalue weighted by Gasteiger charge is 2.37. The summed E-state index contributed by atoms with van der Waals surface area (Å²) in [5.74, 6) is -2.79. The summed E-state index contributed by atoms with van der Waals surface area (Å²) in [6, 6.07) is 9.25. The summed E-state index contributed by atoms with van der Waals surface area (Å²) in [7, 11) is -3.67. The third kappa shape index (κ3) is 7.72. The first kappa shape index (κ1) is 26.0. The summed E-state index contributed by atoms with van der Waals surface area (Å²) in [6.45, 7) is 3.86. The molecule has 1 aromatic carbocycles. The molecular weight excluding hydrogens is 430 g/mol. The number of amides is 2. The van der Waals surface area contributed by atoms with Gasteiger partial charge in [-0.25, -0.2) is 13.9 Å². The van der Waals surface area contributed by atoms with Crippen LogP contribution < -0.4 is 10.9 Å². The number of carbonyl (C=O) groups is 2. The zero-order chi connectivity index (χ0) is 23.7. The normalized spacial score (nSPS) is 17.1. The molecule has 0 heterocycles. The number of rotatable bonds is 11. The van der Waals surface area contributed by atoms with E-state index in [1.54, 1.807) is 11.6 Å². The quantitative estimate of drug-likeness (QED) is 0.343. The molecule has 0 aromatic heterocycles. The zero-order valence-corrected chi connectivity index (χ0v) is 19.8. The lowest BCUT2D eigenvalue weighted by Gasteiger charge is -2.31. The molecule has 2 rings (SSSR count). The minimum Gasteiger partial charge on any atom is -0.289 e. The fourth-order valence-electron chi connectivity index (χ4n) is 4.19. The van der Waals surface area contributed by atoms with Gasteiger partial charge in [-0.15, -0.1) is 4.41 Å². The Bertz CT molecular complexity index is 880. The van der Waals surface area contributed by atoms with Gasteiger partial charge in [0.05, 0.1) is 18.1 Å². The number of carbonyl (C=O) groups excluding carboxylic acids is 2. The SMILES string of the molecule is CC(C)C[C@@H](C(=O)NN(C1CCCC1)S(C)(=O)=O)[C@H](CC=Cc1ccccc1)C(=O)NO. The van der Waals surface area contributed by atoms with Gasteiger partial charge in [-0.05, 0) is 37.2 Å². The van der Waals surface area contributed by atoms with E-state index in [1.165, 1.54) is 0 Å². The van der Waals surface area contributed by atoms with E-state index in [0.717, 1.165) is 29.1 Å². The molecule has 0 radical (unpaired) electrons. The van der Waals surface area contributed by atoms with Crippen molar-refractivity contribution in [2.75, 3.05) is 6.26 Å². The fourth-order valence-corrected chi connectivity index (χ4v) is 5.20. The van der Waals surface area contributed by atoms with Gasteiger partial charge in [-0.3, -0.25) is 20.2 Å². The number of nitrogens with zero attached hydrogens (tertiary/aromatic N) is 1. The van der Waals surface area contributed by atoms with Gasteiger partial charge in [0.1, 0.15) is 0 Å². The van der Waals surface area contributed by atoms with Gasteiger partial charge in [0, 0.05) is 6.04 Å². The molecule has 178 valence electrons. The van der Waals surface area contributed by atoms with Gasteiger partial charge < -0.3 is 0 Å². The van der Waals surface area contributed by atoms with Crippen LogP contribution in [0.15, 0.2) is 36.4 Å². The molecule has 0 saturated heterocycles. The van der Waals surface area contributed by atoms with E-state index < -0.39 is 33.7 Å². The Labute approximate surface area is 191 Å². The van der Waals surface area contributed by atoms with Crippen LogP contribution in [0.5, 0.6) is 0 Å². The Morgan fingerprint density at radius 1 is 1.12 bits per heavy atom. The van der Waals surface area contributed by atoms with Crippen LogP contribution in [-0.4, -0.2) is 42.2 Å². The van der Waals surface area contributed by atoms with Crippen molar-refractivity contribution in [2.45, 2.75) is 58.4 Å². The van der Waals surface area contributed by atoms with Crippen molar-refractivity contribution in [2.24, 2.45) is 17.8 Å². The fraction of sp³-hybridized carbons (Fsp3) is 0.565. The van der Waals surface area contributed by atoms with E-state index in [4.69, 9.17) is 0 Å². The van der Waals surface area contributed by atoms with Gasteiger partial charge in [0.15, 0.2) is 0 Å². The Balaban J connectivity index is 2.26. The monoisotopic (exact) mass is 465 g/mol. The van der Waals surface area contributed by atoms with Gasteiger partial charge in [-0.1, -0.05) is 69.2 Å². The van der Waals surface area contributed by atoms with E-state index in [9.17, 15) is 23.2 Å². The lowest BCUT2D eigenvalue weighted by Crippen LogP contribution is -2.54. The lowest BCUT2D eigenvalue weighted by molar-refractivity contribution is -0.142. The average Bonchev–Trinajstić information content (AvgIpc) is 3.27. The average molecular weight is 466 g/mol. The predicted molar refractivity (Wildman–Crippen MR) is 124 cm³/mol. The van der Waals surface area contributed by atoms with E-state index in [-0.39, 0.29) is 18.4 Å². The van der Waals surface area contributed by atoms with Crippen molar-refractivity contribution < 1.29 is 23.2 Å². The van der Waals surface area contributed by atoms with Crippen LogP contribution in [0.3, 0.4) is 0 Å². The largest absolute Gasteiger partial charge is 0.289 e. The molecule has 0 aliphatic heterocycles. The first-order valence-electron chi connectivity index (χ1n) is 11.1. The summed E-state index contributed by atoms with van der Waals surface area (Å²) in [6.07, 6.45) is 8.47. The molecule has 0 unspecified atom stereocenters. The molecule has 0 spiro atoms. The van der Waals surface area contributed by atoms with E-state index in [0.29, 0.717) is 19.3 Å². The van der Waals surface area contributed by atoms with Gasteiger partial charge in [-0.2, -0.15) is 0 Å². The highest BCUT2D eigenvalue weighted by Crippen LogP contribution is 2.28. The third-order valence-corrected chi connectivity index (χ3v) is 6.83. The topological polar surface area (TPSA) is 116 Å². The molecule has 2 amide bonds. The van der Waals surface area contributed by atoms with Crippen molar-refractivity contribution in [3.63, 3.8) is 0 Å². The van der Waals surface area contributed by atoms with E-state index in [2.05, 4.69) is 5.43 Å². The molecule has 9 heteroatoms. The highest BCUT2D eigenvalue weighted by molar-refractivity contribution is 7.88. The Hall–Kier alpha value is -2.23. The lowest BCUT2D eigenvalue weighted by atomic mass is 9.82. The van der Waals surface area contributed by atoms with Crippen LogP contribution in [0.25, 0.3) is 6.08 Å². The number of hydrazine groups is 1. The molecule has 1 aliphatic rings. The molecule has 8 nitrogen and oxygen atoms in total. The molecule has 2 atom stereocenters. The number of nitrogens with one attached hydrogen (secondary N) is 2. The second-order valence-electron chi connectivity index (χ2n) is 8.84. The number of hydrogen-bond acceptors (Lipinski definition) is 5. The van der Waals surface area contributed by atoms with Gasteiger partial charge >= 0.3 is 0 Å². The molecular formula is C23H35N3O5S. The van der Waals surface area contributed by atoms with Crippen molar-refractivity contribution in [3.8, 4) is 0 Å². The maximum absolute atomic E-state index is 13.3. The van der Waals surface area contributed by atoms with Crippen LogP contribution >= 0.6 is 0 Å². The molecule has 1 fully saturated rings. The summed E-state index contributed by atoms with van der Waals surface area (Å²) in [5.41, 5.74) is 5.22. The maximum atomic E-state index is 13.3. The Morgan fingerprint density at radius 3 is 2.28 bits per heavy atom. The Kier molecular flexibility index (Phi) is 9.86. The van der Waals surface area contributed by atoms with Crippen LogP contribution in [0, 0.1) is 17.8 Å². The number of hydroxylamine groups is 1. The van der Waals surface area contributed by atoms with Crippen LogP contribution in [0.4, 0.5) is 0 Å². The van der Waals surface area contributed by atoms with E-state index >= 15 is 0 Å². The summed E-state index contributed by atoms with van der Waals surface area (Å²) >= 11 is 0. The zero-order valence-electron chi connectivity index (χ0n) is 19.0. The second kappa shape index (κ2) is 12.1. The second-order valence-corrected chi connectivity index (χ2v) is 10.7. The van der Waals surface area contributed by atoms with Gasteiger partial charge in [0.2, 0.25) is 21.8 Å². The first-order chi connectivity index (χ1) is 15.1. The molecule has 1 aliphatic carbocycles. The summed E-state index contributed by atoms with van der Waals surface area (Å²) < 4.78 is 25.8. The maximum Gasteiger partial charge on any atom is 0.247 e. The van der Waals surface area contributed by atoms with Crippen LogP contribution in [0.2, 0.25) is 0 Å². The third-order valence-electron chi connectivity index (χ3n) is 5.73. The first-order valence-corrected chi connectivity index (χ1v) is 12.9. The Morgan fingerprint density at radius 2 is 1.75 bits per heavy atom.